The number of carbonyl (C=O) groups is 1. The summed E-state index contributed by atoms with van der Waals surface area (Å²) in [5, 5.41) is 3.38. The van der Waals surface area contributed by atoms with Gasteiger partial charge >= 0.3 is 5.97 Å². The van der Waals surface area contributed by atoms with Crippen LogP contribution >= 0.6 is 15.9 Å². The molecular weight excluding hydrogens is 294 g/mol. The number of rotatable bonds is 4. The van der Waals surface area contributed by atoms with Gasteiger partial charge in [-0.25, -0.2) is 0 Å². The number of carbonyl (C=O) groups excluding carboxylic acids is 1. The molecule has 3 nitrogen and oxygen atoms in total. The summed E-state index contributed by atoms with van der Waals surface area (Å²) in [7, 11) is 1.47. The van der Waals surface area contributed by atoms with Gasteiger partial charge in [-0.3, -0.25) is 4.79 Å². The van der Waals surface area contributed by atoms with Crippen molar-refractivity contribution in [1.29, 1.82) is 0 Å². The number of hydrogen-bond donors (Lipinski definition) is 1. The lowest BCUT2D eigenvalue weighted by molar-refractivity contribution is -0.157. The lowest BCUT2D eigenvalue weighted by Crippen LogP contribution is -2.44. The van der Waals surface area contributed by atoms with Gasteiger partial charge in [-0.05, 0) is 37.5 Å². The largest absolute Gasteiger partial charge is 0.469 e. The van der Waals surface area contributed by atoms with Crippen LogP contribution in [0.15, 0.2) is 22.7 Å². The molecule has 98 valence electrons. The minimum Gasteiger partial charge on any atom is -0.469 e. The van der Waals surface area contributed by atoms with Gasteiger partial charge in [-0.2, -0.15) is 0 Å². The molecule has 1 aromatic rings. The van der Waals surface area contributed by atoms with E-state index in [-0.39, 0.29) is 11.4 Å². The van der Waals surface area contributed by atoms with Gasteiger partial charge in [-0.1, -0.05) is 28.4 Å². The normalized spacial score (nSPS) is 16.8. The maximum Gasteiger partial charge on any atom is 0.313 e. The zero-order chi connectivity index (χ0) is 13.2. The van der Waals surface area contributed by atoms with Crippen molar-refractivity contribution in [2.45, 2.75) is 26.2 Å². The van der Waals surface area contributed by atoms with Crippen LogP contribution in [0.1, 0.15) is 24.8 Å². The molecule has 1 N–H and O–H groups in total. The second-order valence-corrected chi connectivity index (χ2v) is 5.85. The minimum atomic E-state index is -0.316. The van der Waals surface area contributed by atoms with Gasteiger partial charge in [-0.15, -0.1) is 0 Å². The molecule has 0 atom stereocenters. The first-order chi connectivity index (χ1) is 8.57. The standard InChI is InChI=1S/C14H18BrNO2/c1-10-4-5-11(15)8-12(10)16-9-14(6-3-7-14)13(17)18-2/h4-5,8,16H,3,6-7,9H2,1-2H3. The first-order valence-electron chi connectivity index (χ1n) is 6.16. The van der Waals surface area contributed by atoms with Crippen LogP contribution in [-0.2, 0) is 9.53 Å². The molecule has 1 aromatic carbocycles. The zero-order valence-electron chi connectivity index (χ0n) is 10.8. The first kappa shape index (κ1) is 13.4. The van der Waals surface area contributed by atoms with E-state index in [0.29, 0.717) is 6.54 Å². The van der Waals surface area contributed by atoms with Crippen LogP contribution in [-0.4, -0.2) is 19.6 Å². The van der Waals surface area contributed by atoms with Crippen LogP contribution < -0.4 is 5.32 Å². The maximum atomic E-state index is 11.8. The number of aryl methyl sites for hydroxylation is 1. The van der Waals surface area contributed by atoms with Crippen LogP contribution in [0.2, 0.25) is 0 Å². The van der Waals surface area contributed by atoms with Crippen LogP contribution in [0.3, 0.4) is 0 Å². The van der Waals surface area contributed by atoms with E-state index in [0.717, 1.165) is 29.4 Å². The number of benzene rings is 1. The average molecular weight is 312 g/mol. The minimum absolute atomic E-state index is 0.0890. The lowest BCUT2D eigenvalue weighted by atomic mass is 9.68. The van der Waals surface area contributed by atoms with Gasteiger partial charge in [0.1, 0.15) is 0 Å². The van der Waals surface area contributed by atoms with Gasteiger partial charge in [0.15, 0.2) is 0 Å². The smallest absolute Gasteiger partial charge is 0.313 e. The summed E-state index contributed by atoms with van der Waals surface area (Å²) >= 11 is 3.46. The molecule has 0 aliphatic heterocycles. The van der Waals surface area contributed by atoms with Crippen molar-refractivity contribution in [2.24, 2.45) is 5.41 Å². The highest BCUT2D eigenvalue weighted by atomic mass is 79.9. The molecular formula is C14H18BrNO2. The van der Waals surface area contributed by atoms with Crippen molar-refractivity contribution in [2.75, 3.05) is 19.0 Å². The Morgan fingerprint density at radius 3 is 2.78 bits per heavy atom. The Balaban J connectivity index is 2.06. The molecule has 2 rings (SSSR count). The van der Waals surface area contributed by atoms with E-state index in [2.05, 4.69) is 34.2 Å². The number of nitrogens with one attached hydrogen (secondary N) is 1. The third-order valence-electron chi connectivity index (χ3n) is 3.75. The number of hydrogen-bond acceptors (Lipinski definition) is 3. The Labute approximate surface area is 116 Å². The third kappa shape index (κ3) is 2.53. The fraction of sp³-hybridized carbons (Fsp3) is 0.500. The highest BCUT2D eigenvalue weighted by Gasteiger charge is 2.45. The molecule has 1 saturated carbocycles. The Bertz CT molecular complexity index is 455. The summed E-state index contributed by atoms with van der Waals surface area (Å²) in [5.74, 6) is -0.0890. The molecule has 0 amide bonds. The van der Waals surface area contributed by atoms with Gasteiger partial charge in [0, 0.05) is 16.7 Å². The summed E-state index contributed by atoms with van der Waals surface area (Å²) in [4.78, 5) is 11.8. The van der Waals surface area contributed by atoms with Gasteiger partial charge in [0.25, 0.3) is 0 Å². The van der Waals surface area contributed by atoms with E-state index in [1.807, 2.05) is 12.1 Å². The summed E-state index contributed by atoms with van der Waals surface area (Å²) < 4.78 is 5.95. The summed E-state index contributed by atoms with van der Waals surface area (Å²) in [6.07, 6.45) is 2.94. The second-order valence-electron chi connectivity index (χ2n) is 4.94. The van der Waals surface area contributed by atoms with Crippen molar-refractivity contribution in [1.82, 2.24) is 0 Å². The molecule has 18 heavy (non-hydrogen) atoms. The number of ether oxygens (including phenoxy) is 1. The quantitative estimate of drug-likeness (QED) is 0.865. The fourth-order valence-corrected chi connectivity index (χ4v) is 2.68. The molecule has 0 unspecified atom stereocenters. The number of anilines is 1. The lowest BCUT2D eigenvalue weighted by Gasteiger charge is -2.39. The first-order valence-corrected chi connectivity index (χ1v) is 6.95. The van der Waals surface area contributed by atoms with Crippen LogP contribution in [0.5, 0.6) is 0 Å². The SMILES string of the molecule is COC(=O)C1(CNc2cc(Br)ccc2C)CCC1. The molecule has 0 heterocycles. The second kappa shape index (κ2) is 5.31. The van der Waals surface area contributed by atoms with Crippen molar-refractivity contribution in [3.63, 3.8) is 0 Å². The summed E-state index contributed by atoms with van der Waals surface area (Å²) in [6.45, 7) is 2.71. The van der Waals surface area contributed by atoms with Crippen molar-refractivity contribution >= 4 is 27.6 Å². The van der Waals surface area contributed by atoms with Crippen molar-refractivity contribution in [3.05, 3.63) is 28.2 Å². The van der Waals surface area contributed by atoms with Crippen molar-refractivity contribution in [3.8, 4) is 0 Å². The van der Waals surface area contributed by atoms with Gasteiger partial charge in [0.05, 0.1) is 12.5 Å². The molecule has 0 aromatic heterocycles. The average Bonchev–Trinajstić information content (AvgIpc) is 2.31. The van der Waals surface area contributed by atoms with Crippen molar-refractivity contribution < 1.29 is 9.53 Å². The summed E-state index contributed by atoms with van der Waals surface area (Å²) in [6, 6.07) is 6.11. The fourth-order valence-electron chi connectivity index (χ4n) is 2.32. The molecule has 0 saturated heterocycles. The maximum absolute atomic E-state index is 11.8. The molecule has 0 bridgehead atoms. The van der Waals surface area contributed by atoms with E-state index in [1.165, 1.54) is 12.7 Å². The van der Waals surface area contributed by atoms with Crippen LogP contribution in [0.4, 0.5) is 5.69 Å². The monoisotopic (exact) mass is 311 g/mol. The Kier molecular flexibility index (Phi) is 3.95. The van der Waals surface area contributed by atoms with E-state index in [9.17, 15) is 4.79 Å². The number of esters is 1. The predicted octanol–water partition coefficient (Wildman–Crippen LogP) is 3.51. The van der Waals surface area contributed by atoms with Crippen LogP contribution in [0, 0.1) is 12.3 Å². The number of halogens is 1. The molecule has 1 fully saturated rings. The third-order valence-corrected chi connectivity index (χ3v) is 4.24. The predicted molar refractivity (Wildman–Crippen MR) is 75.7 cm³/mol. The Morgan fingerprint density at radius 1 is 1.50 bits per heavy atom. The highest BCUT2D eigenvalue weighted by Crippen LogP contribution is 2.42. The number of methoxy groups -OCH3 is 1. The topological polar surface area (TPSA) is 38.3 Å². The Hall–Kier alpha value is -1.03. The van der Waals surface area contributed by atoms with E-state index >= 15 is 0 Å². The molecule has 4 heteroatoms. The Morgan fingerprint density at radius 2 is 2.22 bits per heavy atom. The summed E-state index contributed by atoms with van der Waals surface area (Å²) in [5.41, 5.74) is 1.93. The molecule has 1 aliphatic carbocycles. The molecule has 0 radical (unpaired) electrons. The molecule has 1 aliphatic rings. The highest BCUT2D eigenvalue weighted by molar-refractivity contribution is 9.10. The van der Waals surface area contributed by atoms with Gasteiger partial charge in [0.2, 0.25) is 0 Å². The van der Waals surface area contributed by atoms with E-state index in [1.54, 1.807) is 0 Å². The van der Waals surface area contributed by atoms with Crippen LogP contribution in [0.25, 0.3) is 0 Å². The molecule has 0 spiro atoms. The zero-order valence-corrected chi connectivity index (χ0v) is 12.3. The van der Waals surface area contributed by atoms with E-state index in [4.69, 9.17) is 4.74 Å². The van der Waals surface area contributed by atoms with E-state index < -0.39 is 0 Å². The van der Waals surface area contributed by atoms with Gasteiger partial charge < -0.3 is 10.1 Å².